The Morgan fingerprint density at radius 1 is 1.05 bits per heavy atom. The Morgan fingerprint density at radius 3 is 2.37 bits per heavy atom. The Labute approximate surface area is 118 Å². The molecule has 0 bridgehead atoms. The quantitative estimate of drug-likeness (QED) is 0.784. The Morgan fingerprint density at radius 2 is 1.79 bits per heavy atom. The van der Waals surface area contributed by atoms with Crippen LogP contribution in [0.3, 0.4) is 0 Å². The molecule has 2 aromatic rings. The van der Waals surface area contributed by atoms with E-state index in [0.717, 1.165) is 16.9 Å². The van der Waals surface area contributed by atoms with Crippen molar-refractivity contribution in [3.05, 3.63) is 63.7 Å². The molecule has 0 saturated heterocycles. The van der Waals surface area contributed by atoms with E-state index in [4.69, 9.17) is 16.3 Å². The summed E-state index contributed by atoms with van der Waals surface area (Å²) in [7, 11) is 1.61. The molecule has 0 aliphatic heterocycles. The summed E-state index contributed by atoms with van der Waals surface area (Å²) in [6.45, 7) is 3.81. The van der Waals surface area contributed by atoms with Crippen LogP contribution in [0.5, 0.6) is 5.75 Å². The van der Waals surface area contributed by atoms with Crippen molar-refractivity contribution in [1.29, 1.82) is 0 Å². The van der Waals surface area contributed by atoms with E-state index in [1.54, 1.807) is 31.4 Å². The molecule has 0 fully saturated rings. The zero-order chi connectivity index (χ0) is 14.0. The van der Waals surface area contributed by atoms with E-state index in [-0.39, 0.29) is 5.78 Å². The Balaban J connectivity index is 2.41. The van der Waals surface area contributed by atoms with Gasteiger partial charge in [0.2, 0.25) is 0 Å². The van der Waals surface area contributed by atoms with Gasteiger partial charge in [-0.05, 0) is 49.2 Å². The first-order valence-corrected chi connectivity index (χ1v) is 6.36. The third kappa shape index (κ3) is 2.79. The van der Waals surface area contributed by atoms with Crippen LogP contribution in [-0.2, 0) is 0 Å². The van der Waals surface area contributed by atoms with Crippen molar-refractivity contribution < 1.29 is 9.53 Å². The van der Waals surface area contributed by atoms with Crippen molar-refractivity contribution in [3.63, 3.8) is 0 Å². The zero-order valence-corrected chi connectivity index (χ0v) is 11.9. The van der Waals surface area contributed by atoms with Crippen LogP contribution in [0.4, 0.5) is 0 Å². The molecule has 0 amide bonds. The fourth-order valence-electron chi connectivity index (χ4n) is 1.91. The molecule has 2 rings (SSSR count). The summed E-state index contributed by atoms with van der Waals surface area (Å²) < 4.78 is 5.14. The topological polar surface area (TPSA) is 26.3 Å². The van der Waals surface area contributed by atoms with Crippen molar-refractivity contribution in [2.45, 2.75) is 13.8 Å². The number of aryl methyl sites for hydroxylation is 2. The number of carbonyl (C=O) groups excluding carboxylic acids is 1. The van der Waals surface area contributed by atoms with E-state index in [2.05, 4.69) is 0 Å². The van der Waals surface area contributed by atoms with Gasteiger partial charge in [-0.3, -0.25) is 4.79 Å². The second-order valence-corrected chi connectivity index (χ2v) is 4.88. The Kier molecular flexibility index (Phi) is 3.91. The van der Waals surface area contributed by atoms with Crippen molar-refractivity contribution in [1.82, 2.24) is 0 Å². The van der Waals surface area contributed by atoms with Gasteiger partial charge in [0.15, 0.2) is 5.78 Å². The largest absolute Gasteiger partial charge is 0.497 e. The summed E-state index contributed by atoms with van der Waals surface area (Å²) in [5.74, 6) is 0.720. The van der Waals surface area contributed by atoms with Crippen LogP contribution in [0.15, 0.2) is 36.4 Å². The van der Waals surface area contributed by atoms with Crippen molar-refractivity contribution >= 4 is 17.4 Å². The second kappa shape index (κ2) is 5.45. The maximum atomic E-state index is 12.4. The van der Waals surface area contributed by atoms with Crippen LogP contribution in [0.25, 0.3) is 0 Å². The van der Waals surface area contributed by atoms with Crippen molar-refractivity contribution in [2.24, 2.45) is 0 Å². The number of methoxy groups -OCH3 is 1. The maximum absolute atomic E-state index is 12.4. The van der Waals surface area contributed by atoms with E-state index in [9.17, 15) is 4.79 Å². The highest BCUT2D eigenvalue weighted by molar-refractivity contribution is 6.31. The molecular weight excluding hydrogens is 260 g/mol. The normalized spacial score (nSPS) is 10.3. The number of carbonyl (C=O) groups is 1. The number of halogens is 1. The van der Waals surface area contributed by atoms with Crippen LogP contribution in [-0.4, -0.2) is 12.9 Å². The van der Waals surface area contributed by atoms with Crippen LogP contribution < -0.4 is 4.74 Å². The predicted octanol–water partition coefficient (Wildman–Crippen LogP) is 4.20. The number of benzene rings is 2. The first-order valence-electron chi connectivity index (χ1n) is 5.98. The fourth-order valence-corrected chi connectivity index (χ4v) is 2.09. The zero-order valence-electron chi connectivity index (χ0n) is 11.2. The lowest BCUT2D eigenvalue weighted by Crippen LogP contribution is -2.04. The molecule has 0 radical (unpaired) electrons. The van der Waals surface area contributed by atoms with Gasteiger partial charge in [0.25, 0.3) is 0 Å². The van der Waals surface area contributed by atoms with Gasteiger partial charge in [-0.2, -0.15) is 0 Å². The van der Waals surface area contributed by atoms with Crippen molar-refractivity contribution in [3.8, 4) is 5.75 Å². The van der Waals surface area contributed by atoms with Gasteiger partial charge in [-0.1, -0.05) is 23.7 Å². The molecule has 0 atom stereocenters. The average Bonchev–Trinajstić information content (AvgIpc) is 2.41. The predicted molar refractivity (Wildman–Crippen MR) is 77.4 cm³/mol. The maximum Gasteiger partial charge on any atom is 0.193 e. The molecule has 0 N–H and O–H groups in total. The average molecular weight is 275 g/mol. The van der Waals surface area contributed by atoms with Crippen LogP contribution >= 0.6 is 11.6 Å². The Bertz CT molecular complexity index is 633. The summed E-state index contributed by atoms with van der Waals surface area (Å²) in [5, 5.41) is 0.608. The van der Waals surface area contributed by atoms with Crippen LogP contribution in [0, 0.1) is 13.8 Å². The molecule has 0 saturated carbocycles. The van der Waals surface area contributed by atoms with Gasteiger partial charge in [-0.25, -0.2) is 0 Å². The first-order chi connectivity index (χ1) is 9.02. The fraction of sp³-hybridized carbons (Fsp3) is 0.188. The molecule has 2 aromatic carbocycles. The van der Waals surface area contributed by atoms with Crippen LogP contribution in [0.2, 0.25) is 5.02 Å². The molecule has 98 valence electrons. The summed E-state index contributed by atoms with van der Waals surface area (Å²) in [5.41, 5.74) is 3.12. The summed E-state index contributed by atoms with van der Waals surface area (Å²) in [6, 6.07) is 10.8. The summed E-state index contributed by atoms with van der Waals surface area (Å²) >= 11 is 6.06. The first kappa shape index (κ1) is 13.6. The lowest BCUT2D eigenvalue weighted by atomic mass is 9.98. The standard InChI is InChI=1S/C16H15ClO2/c1-10-4-5-12(9-15(10)17)16(18)14-7-6-13(19-3)8-11(14)2/h4-9H,1-3H3. The molecule has 0 aromatic heterocycles. The minimum absolute atomic E-state index is 0.0259. The van der Waals surface area contributed by atoms with Crippen LogP contribution in [0.1, 0.15) is 27.0 Å². The number of ether oxygens (including phenoxy) is 1. The molecule has 0 aliphatic rings. The second-order valence-electron chi connectivity index (χ2n) is 4.47. The molecule has 0 unspecified atom stereocenters. The van der Waals surface area contributed by atoms with E-state index < -0.39 is 0 Å². The number of ketones is 1. The Hall–Kier alpha value is -1.80. The van der Waals surface area contributed by atoms with E-state index in [1.165, 1.54) is 0 Å². The monoisotopic (exact) mass is 274 g/mol. The summed E-state index contributed by atoms with van der Waals surface area (Å²) in [6.07, 6.45) is 0. The number of rotatable bonds is 3. The molecule has 0 heterocycles. The van der Waals surface area contributed by atoms with Gasteiger partial charge in [0.1, 0.15) is 5.75 Å². The molecular formula is C16H15ClO2. The van der Waals surface area contributed by atoms with Gasteiger partial charge in [0.05, 0.1) is 7.11 Å². The van der Waals surface area contributed by atoms with E-state index in [0.29, 0.717) is 16.1 Å². The van der Waals surface area contributed by atoms with Gasteiger partial charge >= 0.3 is 0 Å². The SMILES string of the molecule is COc1ccc(C(=O)c2ccc(C)c(Cl)c2)c(C)c1. The van der Waals surface area contributed by atoms with Gasteiger partial charge in [-0.15, -0.1) is 0 Å². The van der Waals surface area contributed by atoms with E-state index >= 15 is 0 Å². The highest BCUT2D eigenvalue weighted by Crippen LogP contribution is 2.22. The minimum Gasteiger partial charge on any atom is -0.497 e. The summed E-state index contributed by atoms with van der Waals surface area (Å²) in [4.78, 5) is 12.4. The number of hydrogen-bond acceptors (Lipinski definition) is 2. The highest BCUT2D eigenvalue weighted by Gasteiger charge is 2.13. The van der Waals surface area contributed by atoms with E-state index in [1.807, 2.05) is 26.0 Å². The lowest BCUT2D eigenvalue weighted by molar-refractivity contribution is 0.103. The third-order valence-electron chi connectivity index (χ3n) is 3.11. The van der Waals surface area contributed by atoms with Crippen molar-refractivity contribution in [2.75, 3.05) is 7.11 Å². The van der Waals surface area contributed by atoms with Gasteiger partial charge < -0.3 is 4.74 Å². The molecule has 19 heavy (non-hydrogen) atoms. The van der Waals surface area contributed by atoms with Gasteiger partial charge in [0, 0.05) is 16.1 Å². The lowest BCUT2D eigenvalue weighted by Gasteiger charge is -2.08. The molecule has 0 spiro atoms. The number of hydrogen-bond donors (Lipinski definition) is 0. The highest BCUT2D eigenvalue weighted by atomic mass is 35.5. The smallest absolute Gasteiger partial charge is 0.193 e. The molecule has 3 heteroatoms. The minimum atomic E-state index is -0.0259. The molecule has 2 nitrogen and oxygen atoms in total. The third-order valence-corrected chi connectivity index (χ3v) is 3.52. The molecule has 0 aliphatic carbocycles.